The van der Waals surface area contributed by atoms with Crippen LogP contribution in [0.2, 0.25) is 0 Å². The number of hydrogen-bond acceptors (Lipinski definition) is 9. The van der Waals surface area contributed by atoms with Gasteiger partial charge in [0.15, 0.2) is 12.2 Å². The van der Waals surface area contributed by atoms with Crippen LogP contribution in [0.5, 0.6) is 0 Å². The highest BCUT2D eigenvalue weighted by molar-refractivity contribution is 5.68. The molecule has 1 saturated heterocycles. The first-order valence-electron chi connectivity index (χ1n) is 6.23. The zero-order chi connectivity index (χ0) is 16.9. The van der Waals surface area contributed by atoms with Gasteiger partial charge >= 0.3 is 24.1 Å². The third-order valence-electron chi connectivity index (χ3n) is 2.52. The van der Waals surface area contributed by atoms with Crippen LogP contribution in [0.1, 0.15) is 20.8 Å². The van der Waals surface area contributed by atoms with Crippen molar-refractivity contribution in [2.45, 2.75) is 45.4 Å². The molecule has 1 aliphatic rings. The van der Waals surface area contributed by atoms with Crippen molar-refractivity contribution in [1.29, 1.82) is 0 Å². The highest BCUT2D eigenvalue weighted by Gasteiger charge is 2.48. The van der Waals surface area contributed by atoms with Gasteiger partial charge in [0.25, 0.3) is 0 Å². The largest absolute Gasteiger partial charge is 0.508 e. The standard InChI is InChI=1S/C12H16O10/c1-5(13)19-8-4-18-11(22-12(16)17)10(21-7(3)15)9(8)20-6(2)14/h8-11H,4H2,1-3H3,(H,16,17)/t8-,9-,10+,11+/m0/s1. The molecule has 10 nitrogen and oxygen atoms in total. The van der Waals surface area contributed by atoms with Gasteiger partial charge in [0.2, 0.25) is 12.4 Å². The molecule has 0 saturated carbocycles. The molecule has 124 valence electrons. The summed E-state index contributed by atoms with van der Waals surface area (Å²) in [6.07, 6.45) is -6.93. The van der Waals surface area contributed by atoms with E-state index in [2.05, 4.69) is 4.74 Å². The van der Waals surface area contributed by atoms with Crippen LogP contribution < -0.4 is 0 Å². The Balaban J connectivity index is 3.03. The number of carboxylic acid groups (broad SMARTS) is 1. The third-order valence-corrected chi connectivity index (χ3v) is 2.52. The second-order valence-electron chi connectivity index (χ2n) is 4.38. The molecule has 1 N–H and O–H groups in total. The highest BCUT2D eigenvalue weighted by Crippen LogP contribution is 2.25. The van der Waals surface area contributed by atoms with Gasteiger partial charge in [-0.25, -0.2) is 4.79 Å². The van der Waals surface area contributed by atoms with Crippen LogP contribution in [0.15, 0.2) is 0 Å². The normalized spacial score (nSPS) is 27.4. The van der Waals surface area contributed by atoms with E-state index in [1.807, 2.05) is 0 Å². The number of carbonyl (C=O) groups excluding carboxylic acids is 3. The Morgan fingerprint density at radius 2 is 1.36 bits per heavy atom. The summed E-state index contributed by atoms with van der Waals surface area (Å²) in [5, 5.41) is 8.66. The minimum absolute atomic E-state index is 0.298. The Labute approximate surface area is 125 Å². The molecule has 22 heavy (non-hydrogen) atoms. The molecule has 0 aliphatic carbocycles. The van der Waals surface area contributed by atoms with Crippen LogP contribution in [0.25, 0.3) is 0 Å². The molecule has 1 rings (SSSR count). The Hall–Kier alpha value is -2.36. The average molecular weight is 320 g/mol. The van der Waals surface area contributed by atoms with Gasteiger partial charge in [-0.2, -0.15) is 0 Å². The van der Waals surface area contributed by atoms with Crippen molar-refractivity contribution >= 4 is 24.1 Å². The first kappa shape index (κ1) is 17.7. The predicted octanol–water partition coefficient (Wildman–Crippen LogP) is -0.168. The predicted molar refractivity (Wildman–Crippen MR) is 65.5 cm³/mol. The number of esters is 3. The van der Waals surface area contributed by atoms with E-state index >= 15 is 0 Å². The minimum atomic E-state index is -1.67. The number of rotatable bonds is 4. The van der Waals surface area contributed by atoms with Gasteiger partial charge in [-0.05, 0) is 0 Å². The van der Waals surface area contributed by atoms with Crippen molar-refractivity contribution in [3.05, 3.63) is 0 Å². The lowest BCUT2D eigenvalue weighted by atomic mass is 10.0. The van der Waals surface area contributed by atoms with Crippen LogP contribution in [-0.4, -0.2) is 60.4 Å². The van der Waals surface area contributed by atoms with Crippen molar-refractivity contribution in [2.24, 2.45) is 0 Å². The Bertz CT molecular complexity index is 417. The molecule has 0 aromatic rings. The zero-order valence-corrected chi connectivity index (χ0v) is 12.1. The van der Waals surface area contributed by atoms with E-state index in [0.29, 0.717) is 0 Å². The Morgan fingerprint density at radius 3 is 1.82 bits per heavy atom. The quantitative estimate of drug-likeness (QED) is 0.549. The van der Waals surface area contributed by atoms with E-state index in [1.54, 1.807) is 0 Å². The summed E-state index contributed by atoms with van der Waals surface area (Å²) in [6.45, 7) is 3.00. The van der Waals surface area contributed by atoms with Crippen molar-refractivity contribution in [3.8, 4) is 0 Å². The fourth-order valence-electron chi connectivity index (χ4n) is 1.91. The molecular weight excluding hydrogens is 304 g/mol. The van der Waals surface area contributed by atoms with E-state index in [9.17, 15) is 19.2 Å². The summed E-state index contributed by atoms with van der Waals surface area (Å²) in [7, 11) is 0. The lowest BCUT2D eigenvalue weighted by Gasteiger charge is -2.39. The summed E-state index contributed by atoms with van der Waals surface area (Å²) in [5.74, 6) is -2.20. The summed E-state index contributed by atoms with van der Waals surface area (Å²) in [5.41, 5.74) is 0. The molecule has 10 heteroatoms. The second kappa shape index (κ2) is 7.59. The summed E-state index contributed by atoms with van der Waals surface area (Å²) in [6, 6.07) is 0. The SMILES string of the molecule is CC(=O)O[C@@H]1[C@@H](OC(C)=O)[C@@H](OC(=O)O)OC[C@@H]1OC(C)=O. The maximum absolute atomic E-state index is 11.2. The molecule has 0 spiro atoms. The van der Waals surface area contributed by atoms with Crippen LogP contribution >= 0.6 is 0 Å². The van der Waals surface area contributed by atoms with Crippen molar-refractivity contribution in [3.63, 3.8) is 0 Å². The minimum Gasteiger partial charge on any atom is -0.456 e. The van der Waals surface area contributed by atoms with Crippen LogP contribution in [0, 0.1) is 0 Å². The Kier molecular flexibility index (Phi) is 6.11. The fraction of sp³-hybridized carbons (Fsp3) is 0.667. The molecule has 1 heterocycles. The van der Waals surface area contributed by atoms with Gasteiger partial charge in [0.1, 0.15) is 0 Å². The molecule has 1 fully saturated rings. The van der Waals surface area contributed by atoms with Crippen molar-refractivity contribution < 1.29 is 48.0 Å². The van der Waals surface area contributed by atoms with Gasteiger partial charge in [-0.15, -0.1) is 0 Å². The molecule has 0 aromatic heterocycles. The highest BCUT2D eigenvalue weighted by atomic mass is 16.8. The Morgan fingerprint density at radius 1 is 0.864 bits per heavy atom. The van der Waals surface area contributed by atoms with Gasteiger partial charge in [-0.1, -0.05) is 0 Å². The van der Waals surface area contributed by atoms with Gasteiger partial charge < -0.3 is 28.8 Å². The molecule has 0 radical (unpaired) electrons. The monoisotopic (exact) mass is 320 g/mol. The topological polar surface area (TPSA) is 135 Å². The first-order chi connectivity index (χ1) is 10.2. The molecular formula is C12H16O10. The summed E-state index contributed by atoms with van der Waals surface area (Å²) >= 11 is 0. The number of hydrogen-bond donors (Lipinski definition) is 1. The van der Waals surface area contributed by atoms with E-state index in [4.69, 9.17) is 24.1 Å². The van der Waals surface area contributed by atoms with Gasteiger partial charge in [0.05, 0.1) is 6.61 Å². The van der Waals surface area contributed by atoms with E-state index < -0.39 is 48.7 Å². The second-order valence-corrected chi connectivity index (χ2v) is 4.38. The van der Waals surface area contributed by atoms with E-state index in [-0.39, 0.29) is 6.61 Å². The maximum atomic E-state index is 11.2. The van der Waals surface area contributed by atoms with E-state index in [0.717, 1.165) is 20.8 Å². The third kappa shape index (κ3) is 5.20. The number of ether oxygens (including phenoxy) is 5. The lowest BCUT2D eigenvalue weighted by Crippen LogP contribution is -2.58. The molecule has 4 atom stereocenters. The average Bonchev–Trinajstić information content (AvgIpc) is 2.34. The fourth-order valence-corrected chi connectivity index (χ4v) is 1.91. The summed E-state index contributed by atoms with van der Waals surface area (Å²) in [4.78, 5) is 44.1. The van der Waals surface area contributed by atoms with Crippen LogP contribution in [-0.2, 0) is 38.1 Å². The number of carbonyl (C=O) groups is 4. The first-order valence-corrected chi connectivity index (χ1v) is 6.23. The molecule has 0 bridgehead atoms. The van der Waals surface area contributed by atoms with E-state index in [1.165, 1.54) is 0 Å². The lowest BCUT2D eigenvalue weighted by molar-refractivity contribution is -0.269. The molecule has 0 aromatic carbocycles. The molecule has 1 aliphatic heterocycles. The van der Waals surface area contributed by atoms with Crippen LogP contribution in [0.3, 0.4) is 0 Å². The van der Waals surface area contributed by atoms with Gasteiger partial charge in [-0.3, -0.25) is 14.4 Å². The molecule has 0 amide bonds. The molecule has 0 unspecified atom stereocenters. The van der Waals surface area contributed by atoms with Crippen LogP contribution in [0.4, 0.5) is 4.79 Å². The van der Waals surface area contributed by atoms with Crippen molar-refractivity contribution in [1.82, 2.24) is 0 Å². The zero-order valence-electron chi connectivity index (χ0n) is 12.1. The van der Waals surface area contributed by atoms with Crippen molar-refractivity contribution in [2.75, 3.05) is 6.61 Å². The smallest absolute Gasteiger partial charge is 0.456 e. The summed E-state index contributed by atoms with van der Waals surface area (Å²) < 4.78 is 24.4. The van der Waals surface area contributed by atoms with Gasteiger partial charge in [0, 0.05) is 20.8 Å². The maximum Gasteiger partial charge on any atom is 0.508 e.